The van der Waals surface area contributed by atoms with Crippen molar-refractivity contribution in [2.24, 2.45) is 7.05 Å². The molecule has 0 saturated heterocycles. The van der Waals surface area contributed by atoms with Crippen molar-refractivity contribution >= 4 is 49.4 Å². The molecule has 0 aliphatic carbocycles. The van der Waals surface area contributed by atoms with Crippen LogP contribution in [0, 0.1) is 16.3 Å². The molecule has 0 radical (unpaired) electrons. The van der Waals surface area contributed by atoms with Crippen molar-refractivity contribution in [1.29, 1.82) is 0 Å². The van der Waals surface area contributed by atoms with Gasteiger partial charge in [-0.2, -0.15) is 0 Å². The minimum Gasteiger partial charge on any atom is -0.344 e. The summed E-state index contributed by atoms with van der Waals surface area (Å²) in [6, 6.07) is 3.24. The third-order valence-electron chi connectivity index (χ3n) is 2.45. The van der Waals surface area contributed by atoms with E-state index >= 15 is 0 Å². The molecule has 0 aliphatic rings. The molecular formula is C10H8BrFIN. The molecule has 1 aromatic heterocycles. The summed E-state index contributed by atoms with van der Waals surface area (Å²) in [6.45, 7) is 1.99. The molecule has 2 aromatic rings. The highest BCUT2D eigenvalue weighted by atomic mass is 127. The minimum atomic E-state index is -0.170. The molecule has 14 heavy (non-hydrogen) atoms. The van der Waals surface area contributed by atoms with Gasteiger partial charge in [0.2, 0.25) is 0 Å². The minimum absolute atomic E-state index is 0.170. The Hall–Kier alpha value is -0.100. The Labute approximate surface area is 104 Å². The van der Waals surface area contributed by atoms with Gasteiger partial charge >= 0.3 is 0 Å². The Morgan fingerprint density at radius 2 is 2.07 bits per heavy atom. The van der Waals surface area contributed by atoms with Crippen molar-refractivity contribution in [2.45, 2.75) is 6.92 Å². The van der Waals surface area contributed by atoms with Gasteiger partial charge in [-0.1, -0.05) is 15.9 Å². The number of aryl methyl sites for hydroxylation is 1. The van der Waals surface area contributed by atoms with Crippen molar-refractivity contribution in [3.8, 4) is 0 Å². The molecule has 0 spiro atoms. The fourth-order valence-electron chi connectivity index (χ4n) is 1.57. The monoisotopic (exact) mass is 367 g/mol. The SMILES string of the molecule is Cc1c(I)c2c(Br)ccc(F)c2n1C. The van der Waals surface area contributed by atoms with Crippen LogP contribution in [0.25, 0.3) is 10.9 Å². The van der Waals surface area contributed by atoms with E-state index in [9.17, 15) is 4.39 Å². The van der Waals surface area contributed by atoms with Gasteiger partial charge in [-0.15, -0.1) is 0 Å². The largest absolute Gasteiger partial charge is 0.344 e. The average Bonchev–Trinajstić information content (AvgIpc) is 2.38. The zero-order valence-corrected chi connectivity index (χ0v) is 11.5. The lowest BCUT2D eigenvalue weighted by Crippen LogP contribution is -1.92. The predicted molar refractivity (Wildman–Crippen MR) is 68.0 cm³/mol. The first kappa shape index (κ1) is 10.4. The van der Waals surface area contributed by atoms with Crippen LogP contribution in [-0.2, 0) is 7.05 Å². The van der Waals surface area contributed by atoms with Crippen molar-refractivity contribution in [1.82, 2.24) is 4.57 Å². The van der Waals surface area contributed by atoms with E-state index in [1.54, 1.807) is 6.07 Å². The highest BCUT2D eigenvalue weighted by Crippen LogP contribution is 2.33. The Balaban J connectivity index is 3.08. The molecule has 0 atom stereocenters. The molecule has 0 N–H and O–H groups in total. The van der Waals surface area contributed by atoms with Crippen LogP contribution < -0.4 is 0 Å². The first-order valence-electron chi connectivity index (χ1n) is 4.12. The second-order valence-electron chi connectivity index (χ2n) is 3.21. The fourth-order valence-corrected chi connectivity index (χ4v) is 3.37. The summed E-state index contributed by atoms with van der Waals surface area (Å²) >= 11 is 5.69. The van der Waals surface area contributed by atoms with E-state index in [0.29, 0.717) is 5.52 Å². The molecule has 1 aromatic carbocycles. The molecule has 74 valence electrons. The smallest absolute Gasteiger partial charge is 0.147 e. The summed E-state index contributed by atoms with van der Waals surface area (Å²) in [7, 11) is 1.88. The summed E-state index contributed by atoms with van der Waals surface area (Å²) in [5.41, 5.74) is 1.76. The maximum absolute atomic E-state index is 13.6. The lowest BCUT2D eigenvalue weighted by molar-refractivity contribution is 0.631. The number of rotatable bonds is 0. The number of nitrogens with zero attached hydrogens (tertiary/aromatic N) is 1. The first-order chi connectivity index (χ1) is 6.54. The Kier molecular flexibility index (Phi) is 2.59. The second-order valence-corrected chi connectivity index (χ2v) is 5.14. The van der Waals surface area contributed by atoms with Gasteiger partial charge in [-0.3, -0.25) is 0 Å². The quantitative estimate of drug-likeness (QED) is 0.620. The summed E-state index contributed by atoms with van der Waals surface area (Å²) in [5.74, 6) is -0.170. The lowest BCUT2D eigenvalue weighted by atomic mass is 10.2. The molecule has 1 nitrogen and oxygen atoms in total. The van der Waals surface area contributed by atoms with E-state index in [-0.39, 0.29) is 5.82 Å². The zero-order chi connectivity index (χ0) is 10.5. The Morgan fingerprint density at radius 3 is 2.64 bits per heavy atom. The molecule has 4 heteroatoms. The van der Waals surface area contributed by atoms with Gasteiger partial charge in [0.25, 0.3) is 0 Å². The number of halogens is 3. The molecule has 0 bridgehead atoms. The van der Waals surface area contributed by atoms with E-state index in [0.717, 1.165) is 19.1 Å². The Bertz CT molecular complexity index is 474. The molecule has 0 unspecified atom stereocenters. The number of hydrogen-bond donors (Lipinski definition) is 0. The van der Waals surface area contributed by atoms with Gasteiger partial charge in [0.1, 0.15) is 5.82 Å². The number of fused-ring (bicyclic) bond motifs is 1. The zero-order valence-electron chi connectivity index (χ0n) is 7.74. The Morgan fingerprint density at radius 1 is 1.43 bits per heavy atom. The number of hydrogen-bond acceptors (Lipinski definition) is 0. The van der Waals surface area contributed by atoms with Gasteiger partial charge in [0.05, 0.1) is 5.52 Å². The molecule has 0 amide bonds. The van der Waals surface area contributed by atoms with Gasteiger partial charge in [0.15, 0.2) is 0 Å². The maximum Gasteiger partial charge on any atom is 0.147 e. The van der Waals surface area contributed by atoms with Gasteiger partial charge in [-0.05, 0) is 41.6 Å². The second kappa shape index (κ2) is 3.48. The van der Waals surface area contributed by atoms with E-state index in [1.807, 2.05) is 18.5 Å². The van der Waals surface area contributed by atoms with Crippen LogP contribution in [0.3, 0.4) is 0 Å². The van der Waals surface area contributed by atoms with Crippen molar-refractivity contribution in [2.75, 3.05) is 0 Å². The average molecular weight is 368 g/mol. The van der Waals surface area contributed by atoms with Gasteiger partial charge in [0, 0.05) is 26.2 Å². The molecule has 0 aliphatic heterocycles. The maximum atomic E-state index is 13.6. The van der Waals surface area contributed by atoms with Crippen LogP contribution in [0.4, 0.5) is 4.39 Å². The normalized spacial score (nSPS) is 11.2. The van der Waals surface area contributed by atoms with E-state index < -0.39 is 0 Å². The highest BCUT2D eigenvalue weighted by Gasteiger charge is 2.15. The van der Waals surface area contributed by atoms with Crippen LogP contribution in [-0.4, -0.2) is 4.57 Å². The third kappa shape index (κ3) is 1.31. The fraction of sp³-hybridized carbons (Fsp3) is 0.200. The molecule has 1 heterocycles. The molecule has 0 fully saturated rings. The van der Waals surface area contributed by atoms with Crippen molar-refractivity contribution in [3.63, 3.8) is 0 Å². The van der Waals surface area contributed by atoms with Crippen LogP contribution in [0.5, 0.6) is 0 Å². The molecule has 2 rings (SSSR count). The van der Waals surface area contributed by atoms with Crippen LogP contribution >= 0.6 is 38.5 Å². The van der Waals surface area contributed by atoms with E-state index in [1.165, 1.54) is 6.07 Å². The van der Waals surface area contributed by atoms with Crippen molar-refractivity contribution in [3.05, 3.63) is 31.7 Å². The number of aromatic nitrogens is 1. The first-order valence-corrected chi connectivity index (χ1v) is 5.99. The highest BCUT2D eigenvalue weighted by molar-refractivity contribution is 14.1. The lowest BCUT2D eigenvalue weighted by Gasteiger charge is -2.00. The van der Waals surface area contributed by atoms with Crippen LogP contribution in [0.2, 0.25) is 0 Å². The summed E-state index contributed by atoms with van der Waals surface area (Å²) in [6.07, 6.45) is 0. The molecule has 0 saturated carbocycles. The predicted octanol–water partition coefficient (Wildman–Crippen LogP) is 3.99. The topological polar surface area (TPSA) is 4.93 Å². The van der Waals surface area contributed by atoms with Crippen LogP contribution in [0.15, 0.2) is 16.6 Å². The summed E-state index contributed by atoms with van der Waals surface area (Å²) < 4.78 is 17.5. The third-order valence-corrected chi connectivity index (χ3v) is 4.43. The molecular weight excluding hydrogens is 360 g/mol. The number of benzene rings is 1. The van der Waals surface area contributed by atoms with E-state index in [4.69, 9.17) is 0 Å². The van der Waals surface area contributed by atoms with Crippen molar-refractivity contribution < 1.29 is 4.39 Å². The standard InChI is InChI=1S/C10H8BrFIN/c1-5-9(13)8-6(11)3-4-7(12)10(8)14(5)2/h3-4H,1-2H3. The summed E-state index contributed by atoms with van der Waals surface area (Å²) in [4.78, 5) is 0. The van der Waals surface area contributed by atoms with Crippen LogP contribution in [0.1, 0.15) is 5.69 Å². The van der Waals surface area contributed by atoms with E-state index in [2.05, 4.69) is 38.5 Å². The van der Waals surface area contributed by atoms with Gasteiger partial charge in [-0.25, -0.2) is 4.39 Å². The summed E-state index contributed by atoms with van der Waals surface area (Å²) in [5, 5.41) is 0.964. The van der Waals surface area contributed by atoms with Gasteiger partial charge < -0.3 is 4.57 Å².